The minimum Gasteiger partial charge on any atom is -0.374 e. The molecule has 0 aromatic heterocycles. The summed E-state index contributed by atoms with van der Waals surface area (Å²) < 4.78 is 24.8. The smallest absolute Gasteiger partial charge is 0.137 e. The first-order chi connectivity index (χ1) is 8.65. The molecule has 1 N–H and O–H groups in total. The second-order valence-corrected chi connectivity index (χ2v) is 5.34. The van der Waals surface area contributed by atoms with Gasteiger partial charge < -0.3 is 14.8 Å². The number of morpholine rings is 1. The fourth-order valence-electron chi connectivity index (χ4n) is 1.91. The highest BCUT2D eigenvalue weighted by molar-refractivity contribution is 9.10. The Morgan fingerprint density at radius 3 is 3.06 bits per heavy atom. The summed E-state index contributed by atoms with van der Waals surface area (Å²) in [5.74, 6) is -0.257. The quantitative estimate of drug-likeness (QED) is 0.925. The van der Waals surface area contributed by atoms with E-state index in [4.69, 9.17) is 9.47 Å². The van der Waals surface area contributed by atoms with Crippen LogP contribution in [0.3, 0.4) is 0 Å². The molecule has 1 saturated heterocycles. The van der Waals surface area contributed by atoms with Gasteiger partial charge in [-0.15, -0.1) is 0 Å². The maximum Gasteiger partial charge on any atom is 0.137 e. The molecule has 0 saturated carbocycles. The lowest BCUT2D eigenvalue weighted by molar-refractivity contribution is -0.0716. The van der Waals surface area contributed by atoms with Gasteiger partial charge >= 0.3 is 0 Å². The molecule has 2 unspecified atom stereocenters. The average molecular weight is 318 g/mol. The Morgan fingerprint density at radius 2 is 2.33 bits per heavy atom. The van der Waals surface area contributed by atoms with Crippen LogP contribution < -0.4 is 5.32 Å². The third-order valence-corrected chi connectivity index (χ3v) is 3.39. The molecule has 1 aromatic rings. The predicted octanol–water partition coefficient (Wildman–Crippen LogP) is 2.48. The monoisotopic (exact) mass is 317 g/mol. The Kier molecular flexibility index (Phi) is 5.12. The molecular formula is C13H17BrFNO2. The van der Waals surface area contributed by atoms with Gasteiger partial charge in [0.15, 0.2) is 0 Å². The topological polar surface area (TPSA) is 30.5 Å². The summed E-state index contributed by atoms with van der Waals surface area (Å²) in [6, 6.07) is 4.89. The van der Waals surface area contributed by atoms with Crippen LogP contribution in [0.15, 0.2) is 22.7 Å². The van der Waals surface area contributed by atoms with Gasteiger partial charge in [-0.05, 0) is 40.5 Å². The van der Waals surface area contributed by atoms with Gasteiger partial charge in [-0.2, -0.15) is 0 Å². The van der Waals surface area contributed by atoms with E-state index in [0.29, 0.717) is 17.7 Å². The normalized spacial score (nSPS) is 24.2. The van der Waals surface area contributed by atoms with Gasteiger partial charge in [0.1, 0.15) is 5.82 Å². The van der Waals surface area contributed by atoms with Crippen molar-refractivity contribution in [3.05, 3.63) is 34.1 Å². The van der Waals surface area contributed by atoms with E-state index >= 15 is 0 Å². The highest BCUT2D eigenvalue weighted by atomic mass is 79.9. The molecule has 0 aliphatic carbocycles. The molecule has 1 aromatic carbocycles. The second kappa shape index (κ2) is 6.61. The van der Waals surface area contributed by atoms with E-state index in [-0.39, 0.29) is 18.0 Å². The van der Waals surface area contributed by atoms with Crippen LogP contribution in [0, 0.1) is 5.82 Å². The average Bonchev–Trinajstić information content (AvgIpc) is 2.34. The molecule has 100 valence electrons. The van der Waals surface area contributed by atoms with E-state index in [1.807, 2.05) is 6.92 Å². The summed E-state index contributed by atoms with van der Waals surface area (Å²) >= 11 is 3.16. The molecule has 0 bridgehead atoms. The highest BCUT2D eigenvalue weighted by Gasteiger charge is 2.18. The first kappa shape index (κ1) is 13.9. The van der Waals surface area contributed by atoms with Crippen LogP contribution in [-0.2, 0) is 16.1 Å². The number of benzene rings is 1. The Bertz CT molecular complexity index is 403. The fourth-order valence-corrected chi connectivity index (χ4v) is 2.33. The lowest BCUT2D eigenvalue weighted by atomic mass is 10.2. The molecule has 1 heterocycles. The third-order valence-electron chi connectivity index (χ3n) is 2.79. The number of hydrogen-bond donors (Lipinski definition) is 1. The third kappa shape index (κ3) is 4.02. The summed E-state index contributed by atoms with van der Waals surface area (Å²) in [5.41, 5.74) is 0.945. The summed E-state index contributed by atoms with van der Waals surface area (Å²) in [6.45, 7) is 4.76. The SMILES string of the molecule is CC1CNCC(COCc2ccc(F)c(Br)c2)O1. The van der Waals surface area contributed by atoms with Crippen molar-refractivity contribution in [2.45, 2.75) is 25.7 Å². The van der Waals surface area contributed by atoms with Crippen molar-refractivity contribution < 1.29 is 13.9 Å². The number of nitrogens with one attached hydrogen (secondary N) is 1. The number of hydrogen-bond acceptors (Lipinski definition) is 3. The minimum absolute atomic E-state index is 0.0950. The van der Waals surface area contributed by atoms with E-state index in [9.17, 15) is 4.39 Å². The lowest BCUT2D eigenvalue weighted by Crippen LogP contribution is -2.45. The van der Waals surface area contributed by atoms with Gasteiger partial charge in [-0.1, -0.05) is 6.07 Å². The van der Waals surface area contributed by atoms with E-state index < -0.39 is 0 Å². The summed E-state index contributed by atoms with van der Waals surface area (Å²) in [7, 11) is 0. The molecule has 0 amide bonds. The predicted molar refractivity (Wildman–Crippen MR) is 71.0 cm³/mol. The van der Waals surface area contributed by atoms with Crippen LogP contribution in [-0.4, -0.2) is 31.9 Å². The largest absolute Gasteiger partial charge is 0.374 e. The zero-order chi connectivity index (χ0) is 13.0. The van der Waals surface area contributed by atoms with E-state index in [0.717, 1.165) is 18.7 Å². The zero-order valence-electron chi connectivity index (χ0n) is 10.3. The molecule has 3 nitrogen and oxygen atoms in total. The Hall–Kier alpha value is -0.490. The Morgan fingerprint density at radius 1 is 1.50 bits per heavy atom. The van der Waals surface area contributed by atoms with Gasteiger partial charge in [0.2, 0.25) is 0 Å². The van der Waals surface area contributed by atoms with Crippen molar-refractivity contribution in [2.24, 2.45) is 0 Å². The number of ether oxygens (including phenoxy) is 2. The Labute approximate surface area is 115 Å². The summed E-state index contributed by atoms with van der Waals surface area (Å²) in [4.78, 5) is 0. The maximum absolute atomic E-state index is 13.0. The summed E-state index contributed by atoms with van der Waals surface area (Å²) in [5, 5.41) is 3.29. The van der Waals surface area contributed by atoms with E-state index in [2.05, 4.69) is 21.2 Å². The van der Waals surface area contributed by atoms with Crippen molar-refractivity contribution in [2.75, 3.05) is 19.7 Å². The zero-order valence-corrected chi connectivity index (χ0v) is 11.9. The molecule has 1 fully saturated rings. The Balaban J connectivity index is 1.76. The number of rotatable bonds is 4. The molecule has 0 radical (unpaired) electrons. The molecule has 5 heteroatoms. The van der Waals surface area contributed by atoms with Gasteiger partial charge in [0.05, 0.1) is 29.9 Å². The van der Waals surface area contributed by atoms with Crippen molar-refractivity contribution in [1.29, 1.82) is 0 Å². The molecular weight excluding hydrogens is 301 g/mol. The fraction of sp³-hybridized carbons (Fsp3) is 0.538. The molecule has 0 spiro atoms. The number of halogens is 2. The highest BCUT2D eigenvalue weighted by Crippen LogP contribution is 2.17. The van der Waals surface area contributed by atoms with Crippen LogP contribution in [0.5, 0.6) is 0 Å². The van der Waals surface area contributed by atoms with Crippen LogP contribution in [0.1, 0.15) is 12.5 Å². The van der Waals surface area contributed by atoms with Crippen LogP contribution >= 0.6 is 15.9 Å². The molecule has 1 aliphatic rings. The standard InChI is InChI=1S/C13H17BrFNO2/c1-9-5-16-6-11(18-9)8-17-7-10-2-3-13(15)12(14)4-10/h2-4,9,11,16H,5-8H2,1H3. The van der Waals surface area contributed by atoms with Gasteiger partial charge in [0, 0.05) is 13.1 Å². The lowest BCUT2D eigenvalue weighted by Gasteiger charge is -2.28. The molecule has 18 heavy (non-hydrogen) atoms. The second-order valence-electron chi connectivity index (χ2n) is 4.49. The first-order valence-electron chi connectivity index (χ1n) is 6.03. The first-order valence-corrected chi connectivity index (χ1v) is 6.82. The van der Waals surface area contributed by atoms with E-state index in [1.165, 1.54) is 6.07 Å². The molecule has 1 aliphatic heterocycles. The molecule has 2 rings (SSSR count). The van der Waals surface area contributed by atoms with Crippen LogP contribution in [0.25, 0.3) is 0 Å². The van der Waals surface area contributed by atoms with Gasteiger partial charge in [0.25, 0.3) is 0 Å². The van der Waals surface area contributed by atoms with Crippen molar-refractivity contribution in [1.82, 2.24) is 5.32 Å². The van der Waals surface area contributed by atoms with Crippen LogP contribution in [0.4, 0.5) is 4.39 Å². The van der Waals surface area contributed by atoms with E-state index in [1.54, 1.807) is 12.1 Å². The molecule has 2 atom stereocenters. The van der Waals surface area contributed by atoms with Crippen molar-refractivity contribution in [3.8, 4) is 0 Å². The van der Waals surface area contributed by atoms with Crippen molar-refractivity contribution in [3.63, 3.8) is 0 Å². The van der Waals surface area contributed by atoms with Gasteiger partial charge in [-0.3, -0.25) is 0 Å². The maximum atomic E-state index is 13.0. The summed E-state index contributed by atoms with van der Waals surface area (Å²) in [6.07, 6.45) is 0.324. The van der Waals surface area contributed by atoms with Gasteiger partial charge in [-0.25, -0.2) is 4.39 Å². The van der Waals surface area contributed by atoms with Crippen LogP contribution in [0.2, 0.25) is 0 Å². The van der Waals surface area contributed by atoms with Crippen molar-refractivity contribution >= 4 is 15.9 Å². The minimum atomic E-state index is -0.257.